The lowest BCUT2D eigenvalue weighted by Gasteiger charge is -2.02. The van der Waals surface area contributed by atoms with Gasteiger partial charge < -0.3 is 9.72 Å². The highest BCUT2D eigenvalue weighted by atomic mass is 16.5. The second-order valence-corrected chi connectivity index (χ2v) is 3.17. The monoisotopic (exact) mass is 187 g/mol. The molecule has 1 N–H and O–H groups in total. The van der Waals surface area contributed by atoms with Gasteiger partial charge in [-0.2, -0.15) is 0 Å². The number of nitrogens with one attached hydrogen (secondary N) is 1. The van der Waals surface area contributed by atoms with E-state index in [0.29, 0.717) is 13.2 Å². The summed E-state index contributed by atoms with van der Waals surface area (Å²) in [4.78, 5) is 3.10. The lowest BCUT2D eigenvalue weighted by molar-refractivity contribution is 0.105. The fourth-order valence-corrected chi connectivity index (χ4v) is 1.31. The van der Waals surface area contributed by atoms with Crippen LogP contribution in [0, 0.1) is 0 Å². The van der Waals surface area contributed by atoms with Crippen molar-refractivity contribution in [3.05, 3.63) is 59.9 Å². The molecule has 0 saturated heterocycles. The summed E-state index contributed by atoms with van der Waals surface area (Å²) in [6, 6.07) is 14.2. The Hall–Kier alpha value is -1.54. The standard InChI is InChI=1S/C12H13NO/c1-2-5-11(6-3-1)9-14-10-12-7-4-8-13-12/h1-8,13H,9-10H2. The maximum absolute atomic E-state index is 5.53. The van der Waals surface area contributed by atoms with Gasteiger partial charge in [0, 0.05) is 11.9 Å². The van der Waals surface area contributed by atoms with Crippen molar-refractivity contribution in [2.75, 3.05) is 0 Å². The number of rotatable bonds is 4. The number of aromatic amines is 1. The highest BCUT2D eigenvalue weighted by Gasteiger charge is 1.93. The molecule has 0 spiro atoms. The molecule has 0 radical (unpaired) electrons. The van der Waals surface area contributed by atoms with E-state index in [4.69, 9.17) is 4.74 Å². The maximum Gasteiger partial charge on any atom is 0.0870 e. The van der Waals surface area contributed by atoms with E-state index in [1.54, 1.807) is 0 Å². The minimum Gasteiger partial charge on any atom is -0.371 e. The first-order valence-electron chi connectivity index (χ1n) is 4.69. The summed E-state index contributed by atoms with van der Waals surface area (Å²) >= 11 is 0. The number of hydrogen-bond acceptors (Lipinski definition) is 1. The van der Waals surface area contributed by atoms with Crippen molar-refractivity contribution >= 4 is 0 Å². The summed E-state index contributed by atoms with van der Waals surface area (Å²) < 4.78 is 5.53. The Morgan fingerprint density at radius 2 is 1.79 bits per heavy atom. The Balaban J connectivity index is 1.79. The normalized spacial score (nSPS) is 10.3. The van der Waals surface area contributed by atoms with Gasteiger partial charge in [-0.1, -0.05) is 30.3 Å². The number of hydrogen-bond donors (Lipinski definition) is 1. The summed E-state index contributed by atoms with van der Waals surface area (Å²) in [5.41, 5.74) is 2.32. The van der Waals surface area contributed by atoms with Crippen LogP contribution in [0.2, 0.25) is 0 Å². The van der Waals surface area contributed by atoms with E-state index in [1.165, 1.54) is 5.56 Å². The molecule has 0 aliphatic carbocycles. The molecule has 0 aliphatic heterocycles. The minimum absolute atomic E-state index is 0.641. The SMILES string of the molecule is c1ccc(COCc2ccc[nH]2)cc1. The summed E-state index contributed by atoms with van der Waals surface area (Å²) in [5.74, 6) is 0. The average molecular weight is 187 g/mol. The summed E-state index contributed by atoms with van der Waals surface area (Å²) in [7, 11) is 0. The second kappa shape index (κ2) is 4.63. The first-order valence-corrected chi connectivity index (χ1v) is 4.69. The fraction of sp³-hybridized carbons (Fsp3) is 0.167. The van der Waals surface area contributed by atoms with Gasteiger partial charge in [0.05, 0.1) is 13.2 Å². The van der Waals surface area contributed by atoms with Crippen LogP contribution in [0.15, 0.2) is 48.7 Å². The van der Waals surface area contributed by atoms with Gasteiger partial charge in [-0.25, -0.2) is 0 Å². The summed E-state index contributed by atoms with van der Waals surface area (Å²) in [6.45, 7) is 1.31. The van der Waals surface area contributed by atoms with Crippen LogP contribution in [0.25, 0.3) is 0 Å². The summed E-state index contributed by atoms with van der Waals surface area (Å²) in [6.07, 6.45) is 1.90. The van der Waals surface area contributed by atoms with Crippen LogP contribution in [-0.4, -0.2) is 4.98 Å². The van der Waals surface area contributed by atoms with Crippen molar-refractivity contribution in [1.29, 1.82) is 0 Å². The molecule has 2 rings (SSSR count). The van der Waals surface area contributed by atoms with Crippen LogP contribution >= 0.6 is 0 Å². The molecule has 0 bridgehead atoms. The van der Waals surface area contributed by atoms with Crippen LogP contribution < -0.4 is 0 Å². The van der Waals surface area contributed by atoms with Crippen molar-refractivity contribution in [3.8, 4) is 0 Å². The predicted octanol–water partition coefficient (Wildman–Crippen LogP) is 2.73. The Morgan fingerprint density at radius 3 is 2.50 bits per heavy atom. The third-order valence-electron chi connectivity index (χ3n) is 2.03. The molecular formula is C12H13NO. The molecule has 14 heavy (non-hydrogen) atoms. The van der Waals surface area contributed by atoms with Gasteiger partial charge in [0.1, 0.15) is 0 Å². The van der Waals surface area contributed by atoms with Crippen LogP contribution in [-0.2, 0) is 18.0 Å². The molecular weight excluding hydrogens is 174 g/mol. The van der Waals surface area contributed by atoms with E-state index in [2.05, 4.69) is 17.1 Å². The minimum atomic E-state index is 0.641. The molecule has 2 heteroatoms. The Kier molecular flexibility index (Phi) is 2.99. The van der Waals surface area contributed by atoms with Crippen molar-refractivity contribution in [2.24, 2.45) is 0 Å². The number of benzene rings is 1. The molecule has 1 heterocycles. The first-order chi connectivity index (χ1) is 6.95. The van der Waals surface area contributed by atoms with Crippen LogP contribution in [0.4, 0.5) is 0 Å². The Labute approximate surface area is 83.5 Å². The smallest absolute Gasteiger partial charge is 0.0870 e. The first kappa shape index (κ1) is 9.03. The molecule has 0 amide bonds. The number of H-pyrrole nitrogens is 1. The third-order valence-corrected chi connectivity index (χ3v) is 2.03. The molecule has 0 saturated carbocycles. The molecule has 0 unspecified atom stereocenters. The van der Waals surface area contributed by atoms with Crippen molar-refractivity contribution in [3.63, 3.8) is 0 Å². The van der Waals surface area contributed by atoms with Crippen molar-refractivity contribution < 1.29 is 4.74 Å². The quantitative estimate of drug-likeness (QED) is 0.782. The van der Waals surface area contributed by atoms with E-state index < -0.39 is 0 Å². The topological polar surface area (TPSA) is 25.0 Å². The van der Waals surface area contributed by atoms with Crippen LogP contribution in [0.3, 0.4) is 0 Å². The lowest BCUT2D eigenvalue weighted by atomic mass is 10.2. The second-order valence-electron chi connectivity index (χ2n) is 3.17. The molecule has 1 aromatic carbocycles. The fourth-order valence-electron chi connectivity index (χ4n) is 1.31. The average Bonchev–Trinajstić information content (AvgIpc) is 2.72. The van der Waals surface area contributed by atoms with E-state index in [1.807, 2.05) is 36.5 Å². The van der Waals surface area contributed by atoms with E-state index in [-0.39, 0.29) is 0 Å². The van der Waals surface area contributed by atoms with Gasteiger partial charge >= 0.3 is 0 Å². The van der Waals surface area contributed by atoms with Gasteiger partial charge in [-0.15, -0.1) is 0 Å². The number of aromatic nitrogens is 1. The molecule has 72 valence electrons. The zero-order chi connectivity index (χ0) is 9.64. The predicted molar refractivity (Wildman–Crippen MR) is 55.7 cm³/mol. The Morgan fingerprint density at radius 1 is 0.929 bits per heavy atom. The van der Waals surface area contributed by atoms with Gasteiger partial charge in [0.2, 0.25) is 0 Å². The summed E-state index contributed by atoms with van der Waals surface area (Å²) in [5, 5.41) is 0. The van der Waals surface area contributed by atoms with Crippen LogP contribution in [0.1, 0.15) is 11.3 Å². The highest BCUT2D eigenvalue weighted by molar-refractivity contribution is 5.13. The van der Waals surface area contributed by atoms with Gasteiger partial charge in [-0.3, -0.25) is 0 Å². The molecule has 0 aliphatic rings. The molecule has 0 atom stereocenters. The third kappa shape index (κ3) is 2.47. The van der Waals surface area contributed by atoms with E-state index in [9.17, 15) is 0 Å². The van der Waals surface area contributed by atoms with Crippen molar-refractivity contribution in [2.45, 2.75) is 13.2 Å². The highest BCUT2D eigenvalue weighted by Crippen LogP contribution is 2.03. The molecule has 1 aromatic heterocycles. The van der Waals surface area contributed by atoms with Gasteiger partial charge in [-0.05, 0) is 17.7 Å². The maximum atomic E-state index is 5.53. The Bertz CT molecular complexity index is 353. The zero-order valence-electron chi connectivity index (χ0n) is 7.94. The van der Waals surface area contributed by atoms with E-state index in [0.717, 1.165) is 5.69 Å². The molecule has 2 nitrogen and oxygen atoms in total. The van der Waals surface area contributed by atoms with Gasteiger partial charge in [0.15, 0.2) is 0 Å². The van der Waals surface area contributed by atoms with Gasteiger partial charge in [0.25, 0.3) is 0 Å². The van der Waals surface area contributed by atoms with Crippen molar-refractivity contribution in [1.82, 2.24) is 4.98 Å². The van der Waals surface area contributed by atoms with Crippen LogP contribution in [0.5, 0.6) is 0 Å². The molecule has 0 fully saturated rings. The zero-order valence-corrected chi connectivity index (χ0v) is 7.94. The number of ether oxygens (including phenoxy) is 1. The lowest BCUT2D eigenvalue weighted by Crippen LogP contribution is -1.93. The largest absolute Gasteiger partial charge is 0.371 e. The van der Waals surface area contributed by atoms with E-state index >= 15 is 0 Å². The molecule has 2 aromatic rings.